The van der Waals surface area contributed by atoms with Crippen molar-refractivity contribution in [2.45, 2.75) is 71.8 Å². The topological polar surface area (TPSA) is 228 Å². The Balaban J connectivity index is 0.000000266. The van der Waals surface area contributed by atoms with Crippen LogP contribution in [0.25, 0.3) is 0 Å². The molecule has 4 aromatic rings. The zero-order valence-corrected chi connectivity index (χ0v) is 47.5. The van der Waals surface area contributed by atoms with Crippen LogP contribution in [0, 0.1) is 30.5 Å². The maximum Gasteiger partial charge on any atom is 0.317 e. The molecule has 0 saturated heterocycles. The van der Waals surface area contributed by atoms with E-state index in [4.69, 9.17) is 65.4 Å². The number of alkyl halides is 3. The molecule has 74 heavy (non-hydrogen) atoms. The van der Waals surface area contributed by atoms with Gasteiger partial charge < -0.3 is 43.1 Å². The first-order chi connectivity index (χ1) is 34.8. The number of hydrogen-bond donors (Lipinski definition) is 3. The molecule has 3 amide bonds. The quantitative estimate of drug-likeness (QED) is 0.0420. The number of rotatable bonds is 13. The van der Waals surface area contributed by atoms with Gasteiger partial charge in [0.25, 0.3) is 11.8 Å². The van der Waals surface area contributed by atoms with Crippen molar-refractivity contribution >= 4 is 111 Å². The molecule has 3 N–H and O–H groups in total. The Morgan fingerprint density at radius 1 is 1.14 bits per heavy atom. The van der Waals surface area contributed by atoms with Gasteiger partial charge in [-0.05, 0) is 72.8 Å². The molecule has 0 saturated carbocycles. The SMILES string of the molecule is C#CCN1C(=O)COc2cc(F)c(/N=c3\snc4n3CC(C)(C)C4)cc21.CC1COc2ccccc2N1C(=O)C(Cl)Cl.CCOCN(C(=O)CCl)c1c(C)cccc1CC.C[S+](C)C.O=C(O)CNCP(=O)([O-])O. The van der Waals surface area contributed by atoms with E-state index in [-0.39, 0.29) is 60.6 Å². The third kappa shape index (κ3) is 19.4. The second-order valence-corrected chi connectivity index (χ2v) is 23.8. The number of ether oxygens (including phenoxy) is 3. The van der Waals surface area contributed by atoms with Crippen LogP contribution in [0.3, 0.4) is 0 Å². The van der Waals surface area contributed by atoms with E-state index in [1.807, 2.05) is 73.1 Å². The number of aryl methyl sites for hydroxylation is 2. The number of carbonyl (C=O) groups excluding carboxylic acids is 3. The molecule has 0 spiro atoms. The van der Waals surface area contributed by atoms with Gasteiger partial charge in [0.15, 0.2) is 17.3 Å². The number of amides is 3. The Hall–Kier alpha value is -4.72. The summed E-state index contributed by atoms with van der Waals surface area (Å²) in [5.41, 5.74) is 4.52. The van der Waals surface area contributed by atoms with Crippen molar-refractivity contribution in [2.75, 3.05) is 85.3 Å². The Bertz CT molecular complexity index is 2710. The Kier molecular flexibility index (Phi) is 25.9. The van der Waals surface area contributed by atoms with Crippen LogP contribution in [0.2, 0.25) is 0 Å². The number of terminal acetylenes is 1. The number of fused-ring (bicyclic) bond motifs is 3. The molecular formula is C49H64Cl3FN7O11PS2. The highest BCUT2D eigenvalue weighted by atomic mass is 35.5. The first-order valence-electron chi connectivity index (χ1n) is 22.9. The van der Waals surface area contributed by atoms with E-state index in [2.05, 4.69) is 54.8 Å². The highest BCUT2D eigenvalue weighted by Gasteiger charge is 2.33. The molecule has 1 aromatic heterocycles. The largest absolute Gasteiger partial charge is 0.778 e. The minimum atomic E-state index is -4.35. The average molecular weight is 1150 g/mol. The highest BCUT2D eigenvalue weighted by molar-refractivity contribution is 7.94. The average Bonchev–Trinajstić information content (AvgIpc) is 3.84. The molecule has 7 rings (SSSR count). The lowest BCUT2D eigenvalue weighted by Gasteiger charge is -2.35. The molecule has 18 nitrogen and oxygen atoms in total. The number of carboxylic acid groups (broad SMARTS) is 1. The lowest BCUT2D eigenvalue weighted by Crippen LogP contribution is -2.47. The third-order valence-electron chi connectivity index (χ3n) is 10.3. The van der Waals surface area contributed by atoms with Gasteiger partial charge in [-0.3, -0.25) is 34.3 Å². The molecular weight excluding hydrogens is 1080 g/mol. The molecule has 0 bridgehead atoms. The maximum absolute atomic E-state index is 14.5. The van der Waals surface area contributed by atoms with Crippen molar-refractivity contribution in [3.05, 3.63) is 82.2 Å². The molecule has 406 valence electrons. The zero-order chi connectivity index (χ0) is 55.5. The van der Waals surface area contributed by atoms with Crippen LogP contribution in [0.5, 0.6) is 11.5 Å². The summed E-state index contributed by atoms with van der Waals surface area (Å²) in [6.45, 7) is 13.7. The van der Waals surface area contributed by atoms with Crippen LogP contribution in [0.1, 0.15) is 51.6 Å². The first kappa shape index (κ1) is 63.6. The molecule has 3 aromatic carbocycles. The van der Waals surface area contributed by atoms with Gasteiger partial charge in [-0.25, -0.2) is 9.38 Å². The summed E-state index contributed by atoms with van der Waals surface area (Å²) in [4.78, 5) is 72.3. The number of halogens is 4. The van der Waals surface area contributed by atoms with E-state index in [0.717, 1.165) is 47.7 Å². The number of benzene rings is 3. The summed E-state index contributed by atoms with van der Waals surface area (Å²) >= 11 is 18.2. The van der Waals surface area contributed by atoms with Gasteiger partial charge >= 0.3 is 5.97 Å². The van der Waals surface area contributed by atoms with Gasteiger partial charge in [0.05, 0.1) is 61.2 Å². The van der Waals surface area contributed by atoms with Crippen molar-refractivity contribution in [1.29, 1.82) is 0 Å². The molecule has 3 aliphatic heterocycles. The number of carboxylic acids is 1. The number of aliphatic carboxylic acids is 1. The molecule has 0 radical (unpaired) electrons. The lowest BCUT2D eigenvalue weighted by molar-refractivity contribution is -0.193. The predicted octanol–water partition coefficient (Wildman–Crippen LogP) is 6.64. The van der Waals surface area contributed by atoms with Gasteiger partial charge in [0, 0.05) is 37.2 Å². The van der Waals surface area contributed by atoms with E-state index in [9.17, 15) is 33.0 Å². The van der Waals surface area contributed by atoms with E-state index in [1.54, 1.807) is 9.80 Å². The Morgan fingerprint density at radius 3 is 2.41 bits per heavy atom. The second-order valence-electron chi connectivity index (χ2n) is 17.7. The smallest absolute Gasteiger partial charge is 0.317 e. The van der Waals surface area contributed by atoms with E-state index in [1.165, 1.54) is 28.6 Å². The van der Waals surface area contributed by atoms with Gasteiger partial charge in [0.2, 0.25) is 10.7 Å². The fourth-order valence-corrected chi connectivity index (χ4v) is 8.71. The van der Waals surface area contributed by atoms with Crippen LogP contribution >= 0.6 is 53.9 Å². The van der Waals surface area contributed by atoms with Crippen molar-refractivity contribution in [1.82, 2.24) is 14.3 Å². The lowest BCUT2D eigenvalue weighted by atomic mass is 9.92. The molecule has 3 aliphatic rings. The summed E-state index contributed by atoms with van der Waals surface area (Å²) in [6.07, 6.45) is 13.0. The summed E-state index contributed by atoms with van der Waals surface area (Å²) < 4.78 is 47.2. The van der Waals surface area contributed by atoms with Crippen LogP contribution < -0.4 is 39.2 Å². The summed E-state index contributed by atoms with van der Waals surface area (Å²) in [7, 11) is -3.71. The fourth-order valence-electron chi connectivity index (χ4n) is 7.20. The minimum Gasteiger partial charge on any atom is -0.778 e. The van der Waals surface area contributed by atoms with E-state index < -0.39 is 37.0 Å². The van der Waals surface area contributed by atoms with Crippen LogP contribution in [0.15, 0.2) is 59.6 Å². The second kappa shape index (κ2) is 30.1. The summed E-state index contributed by atoms with van der Waals surface area (Å²) in [6, 6.07) is 16.1. The van der Waals surface area contributed by atoms with Gasteiger partial charge in [-0.15, -0.1) is 18.0 Å². The third-order valence-corrected chi connectivity index (χ3v) is 12.3. The zero-order valence-electron chi connectivity index (χ0n) is 42.7. The number of hydrogen-bond acceptors (Lipinski definition) is 13. The number of anilines is 3. The highest BCUT2D eigenvalue weighted by Crippen LogP contribution is 2.38. The monoisotopic (exact) mass is 1150 g/mol. The molecule has 0 aliphatic carbocycles. The standard InChI is InChI=1S/C18H17FN4O2S.C14H20ClNO2.C11H11Cl2NO2.C3H8NO5P.C3H9S/c1-4-5-22-13-7-12(11(19)6-14(13)25-9-16(22)24)20-17-23-10-18(2,3)8-15(23)21-26-17;1-4-12-8-6-7-11(3)14(12)16(10-18-5-2)13(17)9-15;1-7-6-16-9-5-3-2-4-8(9)14(7)11(15)10(12)13;5-3(6)1-4-2-10(7,8)9;1-4(2)3/h1,6-7H,5,8-10H2,2-3H3;6-8H,4-5,9-10H2,1-3H3;2-5,7,10H,6H2,1H3;4H,1-2H2,(H,5,6)(H2,7,8,9);1-3H3/q;;;;+1/p-1/b20-17-;;;;. The predicted molar refractivity (Wildman–Crippen MR) is 291 cm³/mol. The summed E-state index contributed by atoms with van der Waals surface area (Å²) in [5, 5.41) is 9.97. The Labute approximate surface area is 453 Å². The minimum absolute atomic E-state index is 0.0371. The number of aromatic nitrogens is 2. The fraction of sp³-hybridized carbons (Fsp3) is 0.469. The maximum atomic E-state index is 14.5. The normalized spacial score (nSPS) is 15.8. The van der Waals surface area contributed by atoms with Gasteiger partial charge in [0.1, 0.15) is 49.8 Å². The van der Waals surface area contributed by atoms with E-state index in [0.29, 0.717) is 46.1 Å². The Morgan fingerprint density at radius 2 is 1.81 bits per heavy atom. The van der Waals surface area contributed by atoms with Crippen LogP contribution in [-0.2, 0) is 58.8 Å². The number of nitrogens with one attached hydrogen (secondary N) is 1. The van der Waals surface area contributed by atoms with Crippen LogP contribution in [-0.4, -0.2) is 124 Å². The van der Waals surface area contributed by atoms with E-state index >= 15 is 0 Å². The molecule has 2 unspecified atom stereocenters. The van der Waals surface area contributed by atoms with Crippen molar-refractivity contribution in [3.8, 4) is 23.8 Å². The number of nitrogens with zero attached hydrogens (tertiary/aromatic N) is 6. The number of para-hydroxylation sites is 3. The van der Waals surface area contributed by atoms with Crippen LogP contribution in [0.4, 0.5) is 27.1 Å². The molecule has 4 heterocycles. The molecule has 25 heteroatoms. The van der Waals surface area contributed by atoms with Gasteiger partial charge in [-0.2, -0.15) is 4.37 Å². The molecule has 0 fully saturated rings. The number of carbonyl (C=O) groups is 4. The first-order valence-corrected chi connectivity index (χ1v) is 29.3. The van der Waals surface area contributed by atoms with Gasteiger partial charge in [-0.1, -0.05) is 80.2 Å². The molecule has 2 atom stereocenters. The van der Waals surface area contributed by atoms with Crippen molar-refractivity contribution < 1.29 is 57.2 Å². The van der Waals surface area contributed by atoms with Crippen molar-refractivity contribution in [2.24, 2.45) is 10.4 Å². The van der Waals surface area contributed by atoms with Crippen molar-refractivity contribution in [3.63, 3.8) is 0 Å². The summed E-state index contributed by atoms with van der Waals surface area (Å²) in [5.74, 6) is 1.95.